The Morgan fingerprint density at radius 1 is 1.05 bits per heavy atom. The third-order valence-electron chi connectivity index (χ3n) is 4.67. The fourth-order valence-electron chi connectivity index (χ4n) is 3.12. The molecule has 1 aliphatic heterocycles. The van der Waals surface area contributed by atoms with E-state index in [9.17, 15) is 0 Å². The van der Waals surface area contributed by atoms with Crippen molar-refractivity contribution in [3.8, 4) is 11.5 Å². The lowest BCUT2D eigenvalue weighted by atomic mass is 9.73. The molecule has 1 heterocycles. The second-order valence-corrected chi connectivity index (χ2v) is 6.46. The van der Waals surface area contributed by atoms with Crippen LogP contribution in [0.4, 0.5) is 0 Å². The van der Waals surface area contributed by atoms with Crippen LogP contribution in [0.1, 0.15) is 45.2 Å². The molecule has 1 aliphatic carbocycles. The van der Waals surface area contributed by atoms with E-state index in [0.717, 1.165) is 23.3 Å². The molecule has 3 heteroatoms. The molecule has 0 bridgehead atoms. The Kier molecular flexibility index (Phi) is 3.88. The number of benzene rings is 1. The zero-order valence-corrected chi connectivity index (χ0v) is 12.7. The van der Waals surface area contributed by atoms with Crippen LogP contribution in [0, 0.1) is 11.8 Å². The highest BCUT2D eigenvalue weighted by Gasteiger charge is 2.31. The lowest BCUT2D eigenvalue weighted by molar-refractivity contribution is 0.158. The van der Waals surface area contributed by atoms with Gasteiger partial charge in [0.15, 0.2) is 11.5 Å². The fourth-order valence-corrected chi connectivity index (χ4v) is 3.12. The van der Waals surface area contributed by atoms with E-state index in [1.54, 1.807) is 0 Å². The largest absolute Gasteiger partial charge is 0.486 e. The molecule has 1 unspecified atom stereocenters. The highest BCUT2D eigenvalue weighted by molar-refractivity contribution is 5.44. The first-order valence-electron chi connectivity index (χ1n) is 7.79. The molecule has 1 fully saturated rings. The molecule has 0 amide bonds. The molecule has 1 aromatic carbocycles. The van der Waals surface area contributed by atoms with Gasteiger partial charge >= 0.3 is 0 Å². The second-order valence-electron chi connectivity index (χ2n) is 6.46. The van der Waals surface area contributed by atoms with Gasteiger partial charge in [-0.05, 0) is 49.3 Å². The van der Waals surface area contributed by atoms with Gasteiger partial charge in [-0.1, -0.05) is 19.9 Å². The van der Waals surface area contributed by atoms with Crippen molar-refractivity contribution in [2.45, 2.75) is 45.7 Å². The first-order valence-corrected chi connectivity index (χ1v) is 7.79. The monoisotopic (exact) mass is 275 g/mol. The van der Waals surface area contributed by atoms with Crippen LogP contribution < -0.4 is 14.8 Å². The Hall–Kier alpha value is -1.22. The number of hydrogen-bond acceptors (Lipinski definition) is 3. The molecule has 110 valence electrons. The molecule has 0 aromatic heterocycles. The molecule has 0 spiro atoms. The van der Waals surface area contributed by atoms with E-state index in [-0.39, 0.29) is 0 Å². The minimum absolute atomic E-state index is 0.365. The predicted molar refractivity (Wildman–Crippen MR) is 80.3 cm³/mol. The summed E-state index contributed by atoms with van der Waals surface area (Å²) < 4.78 is 11.2. The first kappa shape index (κ1) is 13.7. The van der Waals surface area contributed by atoms with Crippen LogP contribution in [0.2, 0.25) is 0 Å². The molecule has 20 heavy (non-hydrogen) atoms. The van der Waals surface area contributed by atoms with Gasteiger partial charge in [0, 0.05) is 12.1 Å². The van der Waals surface area contributed by atoms with Crippen LogP contribution in [0.25, 0.3) is 0 Å². The quantitative estimate of drug-likeness (QED) is 0.911. The van der Waals surface area contributed by atoms with E-state index in [1.807, 2.05) is 6.07 Å². The fraction of sp³-hybridized carbons (Fsp3) is 0.647. The number of rotatable bonds is 4. The Labute approximate surface area is 121 Å². The van der Waals surface area contributed by atoms with Crippen LogP contribution in [0.3, 0.4) is 0 Å². The minimum Gasteiger partial charge on any atom is -0.486 e. The Morgan fingerprint density at radius 3 is 2.45 bits per heavy atom. The smallest absolute Gasteiger partial charge is 0.161 e. The zero-order chi connectivity index (χ0) is 14.1. The molecule has 1 N–H and O–H groups in total. The maximum absolute atomic E-state index is 5.66. The van der Waals surface area contributed by atoms with Gasteiger partial charge in [0.05, 0.1) is 0 Å². The van der Waals surface area contributed by atoms with Gasteiger partial charge in [-0.15, -0.1) is 0 Å². The van der Waals surface area contributed by atoms with E-state index in [2.05, 4.69) is 38.2 Å². The second kappa shape index (κ2) is 5.65. The SMILES string of the molecule is CC(NC1CC(C(C)C)C1)c1ccc2c(c1)OCCO2. The Bertz CT molecular complexity index is 466. The van der Waals surface area contributed by atoms with E-state index >= 15 is 0 Å². The van der Waals surface area contributed by atoms with Crippen molar-refractivity contribution in [1.29, 1.82) is 0 Å². The third kappa shape index (κ3) is 2.78. The maximum Gasteiger partial charge on any atom is 0.161 e. The van der Waals surface area contributed by atoms with E-state index in [4.69, 9.17) is 9.47 Å². The minimum atomic E-state index is 0.365. The molecule has 0 radical (unpaired) electrons. The zero-order valence-electron chi connectivity index (χ0n) is 12.7. The van der Waals surface area contributed by atoms with Gasteiger partial charge in [0.1, 0.15) is 13.2 Å². The van der Waals surface area contributed by atoms with E-state index in [1.165, 1.54) is 18.4 Å². The van der Waals surface area contributed by atoms with Crippen molar-refractivity contribution in [3.63, 3.8) is 0 Å². The van der Waals surface area contributed by atoms with E-state index in [0.29, 0.717) is 25.3 Å². The summed E-state index contributed by atoms with van der Waals surface area (Å²) >= 11 is 0. The topological polar surface area (TPSA) is 30.5 Å². The van der Waals surface area contributed by atoms with Crippen molar-refractivity contribution in [2.75, 3.05) is 13.2 Å². The summed E-state index contributed by atoms with van der Waals surface area (Å²) in [6.45, 7) is 8.18. The Balaban J connectivity index is 1.59. The van der Waals surface area contributed by atoms with Gasteiger partial charge in [0.2, 0.25) is 0 Å². The summed E-state index contributed by atoms with van der Waals surface area (Å²) in [5, 5.41) is 3.73. The standard InChI is InChI=1S/C17H25NO2/c1-11(2)14-8-15(9-14)18-12(3)13-4-5-16-17(10-13)20-7-6-19-16/h4-5,10-12,14-15,18H,6-9H2,1-3H3. The van der Waals surface area contributed by atoms with Gasteiger partial charge in [-0.3, -0.25) is 0 Å². The average Bonchev–Trinajstić information content (AvgIpc) is 2.41. The molecular formula is C17H25NO2. The average molecular weight is 275 g/mol. The highest BCUT2D eigenvalue weighted by Crippen LogP contribution is 2.36. The molecule has 1 aromatic rings. The van der Waals surface area contributed by atoms with Crippen molar-refractivity contribution in [2.24, 2.45) is 11.8 Å². The number of ether oxygens (including phenoxy) is 2. The van der Waals surface area contributed by atoms with Crippen molar-refractivity contribution >= 4 is 0 Å². The molecule has 1 atom stereocenters. The molecule has 3 nitrogen and oxygen atoms in total. The lowest BCUT2D eigenvalue weighted by Crippen LogP contribution is -2.44. The summed E-state index contributed by atoms with van der Waals surface area (Å²) in [5.41, 5.74) is 1.28. The van der Waals surface area contributed by atoms with E-state index < -0.39 is 0 Å². The van der Waals surface area contributed by atoms with Gasteiger partial charge < -0.3 is 14.8 Å². The van der Waals surface area contributed by atoms with Crippen molar-refractivity contribution in [1.82, 2.24) is 5.32 Å². The van der Waals surface area contributed by atoms with Crippen LogP contribution >= 0.6 is 0 Å². The van der Waals surface area contributed by atoms with Crippen molar-refractivity contribution < 1.29 is 9.47 Å². The number of hydrogen-bond donors (Lipinski definition) is 1. The normalized spacial score (nSPS) is 26.2. The number of nitrogens with one attached hydrogen (secondary N) is 1. The van der Waals surface area contributed by atoms with Crippen LogP contribution in [0.15, 0.2) is 18.2 Å². The Morgan fingerprint density at radius 2 is 1.75 bits per heavy atom. The predicted octanol–water partition coefficient (Wildman–Crippen LogP) is 3.54. The van der Waals surface area contributed by atoms with Crippen LogP contribution in [-0.2, 0) is 0 Å². The van der Waals surface area contributed by atoms with Gasteiger partial charge in [-0.2, -0.15) is 0 Å². The summed E-state index contributed by atoms with van der Waals surface area (Å²) in [6, 6.07) is 7.32. The van der Waals surface area contributed by atoms with Crippen LogP contribution in [-0.4, -0.2) is 19.3 Å². The summed E-state index contributed by atoms with van der Waals surface area (Å²) in [6.07, 6.45) is 2.62. The maximum atomic E-state index is 5.66. The molecule has 1 saturated carbocycles. The molecule has 3 rings (SSSR count). The molecular weight excluding hydrogens is 250 g/mol. The third-order valence-corrected chi connectivity index (χ3v) is 4.67. The summed E-state index contributed by atoms with van der Waals surface area (Å²) in [7, 11) is 0. The molecule has 2 aliphatic rings. The number of fused-ring (bicyclic) bond motifs is 1. The van der Waals surface area contributed by atoms with Crippen LogP contribution in [0.5, 0.6) is 11.5 Å². The first-order chi connectivity index (χ1) is 9.63. The van der Waals surface area contributed by atoms with Gasteiger partial charge in [-0.25, -0.2) is 0 Å². The van der Waals surface area contributed by atoms with Gasteiger partial charge in [0.25, 0.3) is 0 Å². The summed E-state index contributed by atoms with van der Waals surface area (Å²) in [5.74, 6) is 3.48. The highest BCUT2D eigenvalue weighted by atomic mass is 16.6. The van der Waals surface area contributed by atoms with Crippen molar-refractivity contribution in [3.05, 3.63) is 23.8 Å². The lowest BCUT2D eigenvalue weighted by Gasteiger charge is -2.40. The molecule has 0 saturated heterocycles. The summed E-state index contributed by atoms with van der Waals surface area (Å²) in [4.78, 5) is 0.